The van der Waals surface area contributed by atoms with Gasteiger partial charge in [0.15, 0.2) is 0 Å². The van der Waals surface area contributed by atoms with Crippen LogP contribution in [-0.2, 0) is 16.0 Å². The van der Waals surface area contributed by atoms with E-state index >= 15 is 0 Å². The third kappa shape index (κ3) is 7.45. The molecule has 8 heteroatoms. The fourth-order valence-corrected chi connectivity index (χ4v) is 4.53. The molecule has 30 heavy (non-hydrogen) atoms. The molecular formula is C22H33ClF2N2O3. The van der Waals surface area contributed by atoms with Gasteiger partial charge in [-0.15, -0.1) is 12.4 Å². The normalized spacial score (nSPS) is 24.1. The predicted octanol–water partition coefficient (Wildman–Crippen LogP) is 3.12. The van der Waals surface area contributed by atoms with Gasteiger partial charge < -0.3 is 20.5 Å². The summed E-state index contributed by atoms with van der Waals surface area (Å²) < 4.78 is 33.1. The van der Waals surface area contributed by atoms with E-state index in [1.807, 2.05) is 0 Å². The molecule has 1 amide bonds. The number of carbonyl (C=O) groups excluding carboxylic acids is 1. The van der Waals surface area contributed by atoms with Gasteiger partial charge in [0.2, 0.25) is 5.91 Å². The lowest BCUT2D eigenvalue weighted by Gasteiger charge is -2.28. The van der Waals surface area contributed by atoms with E-state index in [4.69, 9.17) is 4.74 Å². The Balaban J connectivity index is 0.00000320. The van der Waals surface area contributed by atoms with Crippen molar-refractivity contribution < 1.29 is 23.4 Å². The molecule has 0 spiro atoms. The maximum atomic E-state index is 13.5. The van der Waals surface area contributed by atoms with Crippen LogP contribution in [0.25, 0.3) is 0 Å². The lowest BCUT2D eigenvalue weighted by Crippen LogP contribution is -2.51. The van der Waals surface area contributed by atoms with Crippen molar-refractivity contribution in [3.63, 3.8) is 0 Å². The SMILES string of the molecule is CC(=O)N[C@@H](Cc1cc(F)cc(F)c1)[C@H](O)[C@H]1C[C@@H](OCC2CCCCC2)CN1.Cl. The van der Waals surface area contributed by atoms with Crippen molar-refractivity contribution in [1.82, 2.24) is 10.6 Å². The number of hydrogen-bond acceptors (Lipinski definition) is 4. The minimum Gasteiger partial charge on any atom is -0.389 e. The summed E-state index contributed by atoms with van der Waals surface area (Å²) in [6, 6.07) is 2.36. The molecule has 4 atom stereocenters. The van der Waals surface area contributed by atoms with Gasteiger partial charge in [0.25, 0.3) is 0 Å². The zero-order valence-electron chi connectivity index (χ0n) is 17.4. The highest BCUT2D eigenvalue weighted by Gasteiger charge is 2.35. The van der Waals surface area contributed by atoms with E-state index in [-0.39, 0.29) is 36.9 Å². The van der Waals surface area contributed by atoms with Crippen LogP contribution in [0.1, 0.15) is 51.0 Å². The topological polar surface area (TPSA) is 70.6 Å². The van der Waals surface area contributed by atoms with E-state index in [0.717, 1.165) is 12.7 Å². The maximum Gasteiger partial charge on any atom is 0.217 e. The number of hydrogen-bond donors (Lipinski definition) is 3. The first-order chi connectivity index (χ1) is 13.9. The van der Waals surface area contributed by atoms with Crippen molar-refractivity contribution in [3.05, 3.63) is 35.4 Å². The van der Waals surface area contributed by atoms with E-state index < -0.39 is 23.8 Å². The molecule has 1 aliphatic heterocycles. The largest absolute Gasteiger partial charge is 0.389 e. The number of rotatable bonds is 8. The third-order valence-electron chi connectivity index (χ3n) is 6.01. The molecular weight excluding hydrogens is 414 g/mol. The van der Waals surface area contributed by atoms with Crippen molar-refractivity contribution >= 4 is 18.3 Å². The Hall–Kier alpha value is -1.28. The Kier molecular flexibility index (Phi) is 9.94. The van der Waals surface area contributed by atoms with Crippen molar-refractivity contribution in [2.75, 3.05) is 13.2 Å². The molecule has 0 bridgehead atoms. The molecule has 0 radical (unpaired) electrons. The van der Waals surface area contributed by atoms with Crippen LogP contribution in [0.4, 0.5) is 8.78 Å². The average molecular weight is 447 g/mol. The lowest BCUT2D eigenvalue weighted by atomic mass is 9.90. The van der Waals surface area contributed by atoms with Crippen LogP contribution in [0.3, 0.4) is 0 Å². The summed E-state index contributed by atoms with van der Waals surface area (Å²) in [6.07, 6.45) is 6.23. The number of benzene rings is 1. The van der Waals surface area contributed by atoms with Crippen LogP contribution in [0.5, 0.6) is 0 Å². The number of aliphatic hydroxyl groups excluding tert-OH is 1. The van der Waals surface area contributed by atoms with Crippen LogP contribution >= 0.6 is 12.4 Å². The molecule has 1 aromatic carbocycles. The zero-order chi connectivity index (χ0) is 20.8. The quantitative estimate of drug-likeness (QED) is 0.573. The second kappa shape index (κ2) is 11.9. The molecule has 1 aliphatic carbocycles. The molecule has 2 fully saturated rings. The summed E-state index contributed by atoms with van der Waals surface area (Å²) >= 11 is 0. The van der Waals surface area contributed by atoms with E-state index in [0.29, 0.717) is 24.4 Å². The number of carbonyl (C=O) groups is 1. The van der Waals surface area contributed by atoms with Gasteiger partial charge in [-0.05, 0) is 49.3 Å². The second-order valence-electron chi connectivity index (χ2n) is 8.49. The van der Waals surface area contributed by atoms with E-state index in [2.05, 4.69) is 10.6 Å². The van der Waals surface area contributed by atoms with Crippen molar-refractivity contribution in [3.8, 4) is 0 Å². The summed E-state index contributed by atoms with van der Waals surface area (Å²) in [6.45, 7) is 2.77. The second-order valence-corrected chi connectivity index (χ2v) is 8.49. The first-order valence-corrected chi connectivity index (χ1v) is 10.7. The van der Waals surface area contributed by atoms with Crippen LogP contribution in [0.2, 0.25) is 0 Å². The molecule has 1 aromatic rings. The number of nitrogens with one attached hydrogen (secondary N) is 2. The molecule has 0 aromatic heterocycles. The highest BCUT2D eigenvalue weighted by atomic mass is 35.5. The van der Waals surface area contributed by atoms with Gasteiger partial charge in [0, 0.05) is 32.2 Å². The van der Waals surface area contributed by atoms with E-state index in [1.165, 1.54) is 51.2 Å². The molecule has 0 unspecified atom stereocenters. The molecule has 170 valence electrons. The fourth-order valence-electron chi connectivity index (χ4n) is 4.53. The lowest BCUT2D eigenvalue weighted by molar-refractivity contribution is -0.120. The Morgan fingerprint density at radius 3 is 2.53 bits per heavy atom. The van der Waals surface area contributed by atoms with Gasteiger partial charge in [-0.25, -0.2) is 8.78 Å². The van der Waals surface area contributed by atoms with Gasteiger partial charge in [0.1, 0.15) is 11.6 Å². The molecule has 1 heterocycles. The summed E-state index contributed by atoms with van der Waals surface area (Å²) in [7, 11) is 0. The number of halogens is 3. The summed E-state index contributed by atoms with van der Waals surface area (Å²) in [5, 5.41) is 16.9. The van der Waals surface area contributed by atoms with Crippen LogP contribution in [0, 0.1) is 17.6 Å². The van der Waals surface area contributed by atoms with Crippen LogP contribution < -0.4 is 10.6 Å². The summed E-state index contributed by atoms with van der Waals surface area (Å²) in [4.78, 5) is 11.6. The van der Waals surface area contributed by atoms with Crippen LogP contribution in [-0.4, -0.2) is 48.5 Å². The van der Waals surface area contributed by atoms with Crippen molar-refractivity contribution in [2.45, 2.75) is 76.2 Å². The third-order valence-corrected chi connectivity index (χ3v) is 6.01. The van der Waals surface area contributed by atoms with Crippen molar-refractivity contribution in [1.29, 1.82) is 0 Å². The Bertz CT molecular complexity index is 668. The molecule has 3 N–H and O–H groups in total. The first kappa shape index (κ1) is 25.0. The average Bonchev–Trinajstić information content (AvgIpc) is 3.14. The molecule has 5 nitrogen and oxygen atoms in total. The standard InChI is InChI=1S/C22H32F2N2O3.ClH/c1-14(27)26-21(9-16-7-17(23)10-18(24)8-16)22(28)20-11-19(12-25-20)29-13-15-5-3-2-4-6-15;/h7-8,10,15,19-22,25,28H,2-6,9,11-13H2,1H3,(H,26,27);1H/t19-,20-,21+,22-;/m1./s1. The Morgan fingerprint density at radius 1 is 1.23 bits per heavy atom. The van der Waals surface area contributed by atoms with E-state index in [9.17, 15) is 18.7 Å². The van der Waals surface area contributed by atoms with E-state index in [1.54, 1.807) is 0 Å². The predicted molar refractivity (Wildman–Crippen MR) is 114 cm³/mol. The molecule has 3 rings (SSSR count). The highest BCUT2D eigenvalue weighted by molar-refractivity contribution is 5.85. The number of ether oxygens (including phenoxy) is 1. The first-order valence-electron chi connectivity index (χ1n) is 10.7. The van der Waals surface area contributed by atoms with Crippen LogP contribution in [0.15, 0.2) is 18.2 Å². The minimum atomic E-state index is -0.895. The van der Waals surface area contributed by atoms with Gasteiger partial charge in [0.05, 0.1) is 18.2 Å². The molecule has 1 saturated carbocycles. The van der Waals surface area contributed by atoms with Gasteiger partial charge >= 0.3 is 0 Å². The summed E-state index contributed by atoms with van der Waals surface area (Å²) in [5.41, 5.74) is 0.392. The number of amides is 1. The van der Waals surface area contributed by atoms with Crippen molar-refractivity contribution in [2.24, 2.45) is 5.92 Å². The Labute approximate surface area is 183 Å². The minimum absolute atomic E-state index is 0. The highest BCUT2D eigenvalue weighted by Crippen LogP contribution is 2.25. The van der Waals surface area contributed by atoms with Gasteiger partial charge in [-0.3, -0.25) is 4.79 Å². The number of aliphatic hydroxyl groups is 1. The molecule has 2 aliphatic rings. The fraction of sp³-hybridized carbons (Fsp3) is 0.682. The zero-order valence-corrected chi connectivity index (χ0v) is 18.2. The Morgan fingerprint density at radius 2 is 1.90 bits per heavy atom. The smallest absolute Gasteiger partial charge is 0.217 e. The summed E-state index contributed by atoms with van der Waals surface area (Å²) in [5.74, 6) is -1.02. The monoisotopic (exact) mass is 446 g/mol. The van der Waals surface area contributed by atoms with Gasteiger partial charge in [-0.2, -0.15) is 0 Å². The maximum absolute atomic E-state index is 13.5. The van der Waals surface area contributed by atoms with Gasteiger partial charge in [-0.1, -0.05) is 19.3 Å². The molecule has 1 saturated heterocycles.